The topological polar surface area (TPSA) is 79.3 Å². The summed E-state index contributed by atoms with van der Waals surface area (Å²) in [6, 6.07) is 8.57. The number of halogens is 3. The molecule has 1 heterocycles. The molecule has 1 atom stereocenters. The maximum atomic E-state index is 12.6. The number of nitrogens with one attached hydrogen (secondary N) is 2. The van der Waals surface area contributed by atoms with Crippen molar-refractivity contribution in [1.82, 2.24) is 15.3 Å². The second kappa shape index (κ2) is 9.89. The highest BCUT2D eigenvalue weighted by atomic mass is 19.4. The van der Waals surface area contributed by atoms with Crippen LogP contribution in [-0.4, -0.2) is 47.4 Å². The van der Waals surface area contributed by atoms with Crippen LogP contribution in [0.5, 0.6) is 5.75 Å². The Balaban J connectivity index is 1.64. The minimum absolute atomic E-state index is 0.0646. The first kappa shape index (κ1) is 22.9. The summed E-state index contributed by atoms with van der Waals surface area (Å²) in [4.78, 5) is 7.17. The zero-order chi connectivity index (χ0) is 21.5. The van der Waals surface area contributed by atoms with Gasteiger partial charge in [0.25, 0.3) is 0 Å². The summed E-state index contributed by atoms with van der Waals surface area (Å²) in [5, 5.41) is 15.7. The molecule has 0 bridgehead atoms. The molecule has 29 heavy (non-hydrogen) atoms. The fraction of sp³-hybridized carbons (Fsp3) is 0.500. The van der Waals surface area contributed by atoms with Gasteiger partial charge in [0.2, 0.25) is 5.95 Å². The van der Waals surface area contributed by atoms with Crippen molar-refractivity contribution >= 4 is 5.95 Å². The van der Waals surface area contributed by atoms with Crippen LogP contribution in [0.1, 0.15) is 32.0 Å². The summed E-state index contributed by atoms with van der Waals surface area (Å²) in [5.41, 5.74) is 0.269. The fourth-order valence-electron chi connectivity index (χ4n) is 2.44. The smallest absolute Gasteiger partial charge is 0.433 e. The van der Waals surface area contributed by atoms with Crippen LogP contribution in [0.25, 0.3) is 0 Å². The molecule has 3 N–H and O–H groups in total. The van der Waals surface area contributed by atoms with E-state index in [1.165, 1.54) is 5.56 Å². The lowest BCUT2D eigenvalue weighted by Gasteiger charge is -2.19. The fourth-order valence-corrected chi connectivity index (χ4v) is 2.44. The molecule has 0 aliphatic rings. The summed E-state index contributed by atoms with van der Waals surface area (Å²) in [6.07, 6.45) is -4.17. The quantitative estimate of drug-likeness (QED) is 0.549. The van der Waals surface area contributed by atoms with E-state index in [9.17, 15) is 18.3 Å². The van der Waals surface area contributed by atoms with Gasteiger partial charge >= 0.3 is 6.18 Å². The molecule has 0 amide bonds. The molecule has 0 aliphatic carbocycles. The van der Waals surface area contributed by atoms with Gasteiger partial charge in [0.1, 0.15) is 24.2 Å². The molecule has 0 saturated carbocycles. The highest BCUT2D eigenvalue weighted by molar-refractivity contribution is 5.31. The number of nitrogens with zero attached hydrogens (tertiary/aromatic N) is 2. The van der Waals surface area contributed by atoms with E-state index in [2.05, 4.69) is 41.4 Å². The van der Waals surface area contributed by atoms with Crippen molar-refractivity contribution in [2.24, 2.45) is 0 Å². The highest BCUT2D eigenvalue weighted by Gasteiger charge is 2.32. The van der Waals surface area contributed by atoms with Gasteiger partial charge in [-0.3, -0.25) is 0 Å². The number of aliphatic hydroxyl groups excluding tert-OH is 1. The molecule has 0 unspecified atom stereocenters. The predicted molar refractivity (Wildman–Crippen MR) is 105 cm³/mol. The van der Waals surface area contributed by atoms with Crippen molar-refractivity contribution in [2.45, 2.75) is 38.5 Å². The highest BCUT2D eigenvalue weighted by Crippen LogP contribution is 2.27. The number of anilines is 1. The van der Waals surface area contributed by atoms with Gasteiger partial charge in [0.05, 0.1) is 0 Å². The summed E-state index contributed by atoms with van der Waals surface area (Å²) < 4.78 is 43.4. The van der Waals surface area contributed by atoms with Crippen LogP contribution >= 0.6 is 0 Å². The second-order valence-electron chi connectivity index (χ2n) is 7.63. The SMILES string of the molecule is CC(C)(C)c1ccc(OC[C@H](O)CNCCNc2nccc(C(F)(F)F)n2)cc1. The zero-order valence-corrected chi connectivity index (χ0v) is 16.8. The van der Waals surface area contributed by atoms with Crippen LogP contribution in [0.3, 0.4) is 0 Å². The number of hydrogen-bond acceptors (Lipinski definition) is 6. The Morgan fingerprint density at radius 2 is 1.76 bits per heavy atom. The van der Waals surface area contributed by atoms with Crippen molar-refractivity contribution in [2.75, 3.05) is 31.6 Å². The summed E-state index contributed by atoms with van der Waals surface area (Å²) in [6.45, 7) is 7.53. The van der Waals surface area contributed by atoms with Crippen molar-refractivity contribution in [3.05, 3.63) is 47.8 Å². The Kier molecular flexibility index (Phi) is 7.80. The minimum atomic E-state index is -4.51. The van der Waals surface area contributed by atoms with E-state index in [0.29, 0.717) is 18.8 Å². The van der Waals surface area contributed by atoms with E-state index in [0.717, 1.165) is 12.3 Å². The lowest BCUT2D eigenvalue weighted by molar-refractivity contribution is -0.141. The zero-order valence-electron chi connectivity index (χ0n) is 16.8. The third-order valence-corrected chi connectivity index (χ3v) is 4.07. The molecular formula is C20H27F3N4O2. The standard InChI is InChI=1S/C20H27F3N4O2/c1-19(2,3)14-4-6-16(7-5-14)29-13-15(28)12-24-10-11-26-18-25-9-8-17(27-18)20(21,22)23/h4-9,15,24,28H,10-13H2,1-3H3,(H,25,26,27)/t15-/m1/s1. The lowest BCUT2D eigenvalue weighted by Crippen LogP contribution is -2.34. The van der Waals surface area contributed by atoms with Crippen LogP contribution in [0.4, 0.5) is 19.1 Å². The van der Waals surface area contributed by atoms with Crippen LogP contribution < -0.4 is 15.4 Å². The molecule has 2 aromatic rings. The second-order valence-corrected chi connectivity index (χ2v) is 7.63. The molecule has 160 valence electrons. The molecule has 0 fully saturated rings. The monoisotopic (exact) mass is 412 g/mol. The number of benzene rings is 1. The first-order chi connectivity index (χ1) is 13.6. The third kappa shape index (κ3) is 7.86. The number of aromatic nitrogens is 2. The molecule has 0 spiro atoms. The first-order valence-electron chi connectivity index (χ1n) is 9.32. The van der Waals surface area contributed by atoms with E-state index in [1.807, 2.05) is 24.3 Å². The normalized spacial score (nSPS) is 13.2. The van der Waals surface area contributed by atoms with E-state index in [4.69, 9.17) is 4.74 Å². The Hall–Kier alpha value is -2.39. The van der Waals surface area contributed by atoms with Crippen LogP contribution in [0.2, 0.25) is 0 Å². The minimum Gasteiger partial charge on any atom is -0.491 e. The van der Waals surface area contributed by atoms with Gasteiger partial charge in [-0.15, -0.1) is 0 Å². The Labute approximate surface area is 168 Å². The van der Waals surface area contributed by atoms with Crippen molar-refractivity contribution in [3.63, 3.8) is 0 Å². The largest absolute Gasteiger partial charge is 0.491 e. The average Bonchev–Trinajstić information content (AvgIpc) is 2.65. The maximum absolute atomic E-state index is 12.6. The Morgan fingerprint density at radius 3 is 2.38 bits per heavy atom. The molecular weight excluding hydrogens is 385 g/mol. The lowest BCUT2D eigenvalue weighted by atomic mass is 9.87. The Morgan fingerprint density at radius 1 is 1.07 bits per heavy atom. The number of alkyl halides is 3. The molecule has 2 rings (SSSR count). The maximum Gasteiger partial charge on any atom is 0.433 e. The van der Waals surface area contributed by atoms with E-state index >= 15 is 0 Å². The summed E-state index contributed by atoms with van der Waals surface area (Å²) in [5.74, 6) is 0.588. The number of aliphatic hydroxyl groups is 1. The number of ether oxygens (including phenoxy) is 1. The number of rotatable bonds is 9. The third-order valence-electron chi connectivity index (χ3n) is 4.07. The van der Waals surface area contributed by atoms with Crippen LogP contribution in [-0.2, 0) is 11.6 Å². The van der Waals surface area contributed by atoms with Crippen molar-refractivity contribution < 1.29 is 23.0 Å². The molecule has 1 aromatic carbocycles. The molecule has 0 aliphatic heterocycles. The predicted octanol–water partition coefficient (Wildman–Crippen LogP) is 3.23. The molecule has 6 nitrogen and oxygen atoms in total. The summed E-state index contributed by atoms with van der Waals surface area (Å²) >= 11 is 0. The van der Waals surface area contributed by atoms with Crippen LogP contribution in [0, 0.1) is 0 Å². The van der Waals surface area contributed by atoms with Gasteiger partial charge in [0, 0.05) is 25.8 Å². The molecule has 9 heteroatoms. The van der Waals surface area contributed by atoms with Gasteiger partial charge in [-0.2, -0.15) is 13.2 Å². The Bertz CT molecular complexity index is 762. The van der Waals surface area contributed by atoms with E-state index < -0.39 is 18.0 Å². The van der Waals surface area contributed by atoms with Crippen molar-refractivity contribution in [3.8, 4) is 5.75 Å². The molecule has 0 radical (unpaired) electrons. The van der Waals surface area contributed by atoms with E-state index in [-0.39, 0.29) is 24.5 Å². The number of hydrogen-bond donors (Lipinski definition) is 3. The molecule has 0 saturated heterocycles. The van der Waals surface area contributed by atoms with Crippen LogP contribution in [0.15, 0.2) is 36.5 Å². The van der Waals surface area contributed by atoms with Crippen molar-refractivity contribution in [1.29, 1.82) is 0 Å². The average molecular weight is 412 g/mol. The molecule has 1 aromatic heterocycles. The van der Waals surface area contributed by atoms with Gasteiger partial charge in [-0.05, 0) is 29.2 Å². The van der Waals surface area contributed by atoms with Gasteiger partial charge < -0.3 is 20.5 Å². The van der Waals surface area contributed by atoms with Gasteiger partial charge in [-0.1, -0.05) is 32.9 Å². The van der Waals surface area contributed by atoms with Gasteiger partial charge in [-0.25, -0.2) is 9.97 Å². The van der Waals surface area contributed by atoms with Gasteiger partial charge in [0.15, 0.2) is 0 Å². The first-order valence-corrected chi connectivity index (χ1v) is 9.32. The van der Waals surface area contributed by atoms with E-state index in [1.54, 1.807) is 0 Å². The summed E-state index contributed by atoms with van der Waals surface area (Å²) in [7, 11) is 0.